The van der Waals surface area contributed by atoms with Gasteiger partial charge in [-0.15, -0.1) is 0 Å². The van der Waals surface area contributed by atoms with E-state index in [1.54, 1.807) is 0 Å². The normalized spacial score (nSPS) is 8.86. The quantitative estimate of drug-likeness (QED) is 0.519. The Morgan fingerprint density at radius 1 is 1.57 bits per heavy atom. The van der Waals surface area contributed by atoms with Crippen LogP contribution in [0.4, 0.5) is 0 Å². The Kier molecular flexibility index (Phi) is 3.67. The van der Waals surface area contributed by atoms with Crippen molar-refractivity contribution in [1.29, 1.82) is 5.41 Å². The van der Waals surface area contributed by atoms with E-state index in [1.807, 2.05) is 0 Å². The molecule has 0 rings (SSSR count). The summed E-state index contributed by atoms with van der Waals surface area (Å²) in [5.41, 5.74) is 0.517. The molecule has 0 unspecified atom stereocenters. The molecule has 40 valence electrons. The third-order valence-electron chi connectivity index (χ3n) is 0.729. The smallest absolute Gasteiger partial charge is 0.00929 e. The molecule has 0 aliphatic carbocycles. The van der Waals surface area contributed by atoms with Crippen molar-refractivity contribution in [3.05, 3.63) is 13.8 Å². The fraction of sp³-hybridized carbons (Fsp3) is 0.500. The molecule has 0 aromatic rings. The van der Waals surface area contributed by atoms with Crippen molar-refractivity contribution in [2.24, 2.45) is 0 Å². The van der Waals surface area contributed by atoms with E-state index in [0.717, 1.165) is 19.3 Å². The van der Waals surface area contributed by atoms with E-state index >= 15 is 0 Å². The van der Waals surface area contributed by atoms with Crippen LogP contribution in [0.1, 0.15) is 19.3 Å². The topological polar surface area (TPSA) is 23.9 Å². The minimum Gasteiger partial charge on any atom is -0.310 e. The van der Waals surface area contributed by atoms with Gasteiger partial charge < -0.3 is 5.41 Å². The minimum atomic E-state index is 0.517. The maximum Gasteiger partial charge on any atom is 0.00929 e. The van der Waals surface area contributed by atoms with Crippen molar-refractivity contribution in [3.8, 4) is 0 Å². The fourth-order valence-corrected chi connectivity index (χ4v) is 0.338. The Hall–Kier alpha value is -0.330. The molecule has 0 aliphatic heterocycles. The van der Waals surface area contributed by atoms with Crippen molar-refractivity contribution < 1.29 is 0 Å². The molecule has 0 saturated carbocycles. The van der Waals surface area contributed by atoms with E-state index in [1.165, 1.54) is 0 Å². The Morgan fingerprint density at radius 2 is 2.14 bits per heavy atom. The predicted octanol–water partition coefficient (Wildman–Crippen LogP) is 1.84. The van der Waals surface area contributed by atoms with Crippen LogP contribution in [0, 0.1) is 19.3 Å². The zero-order valence-electron chi connectivity index (χ0n) is 4.54. The zero-order chi connectivity index (χ0) is 5.70. The van der Waals surface area contributed by atoms with Crippen molar-refractivity contribution in [1.82, 2.24) is 0 Å². The van der Waals surface area contributed by atoms with Gasteiger partial charge in [0, 0.05) is 5.71 Å². The van der Waals surface area contributed by atoms with Gasteiger partial charge in [-0.2, -0.15) is 0 Å². The van der Waals surface area contributed by atoms with Gasteiger partial charge in [-0.05, 0) is 19.8 Å². The number of hydrogen-bond donors (Lipinski definition) is 1. The maximum atomic E-state index is 6.86. The summed E-state index contributed by atoms with van der Waals surface area (Å²) in [7, 11) is 0. The average molecular weight is 97.2 g/mol. The van der Waals surface area contributed by atoms with Gasteiger partial charge in [0.15, 0.2) is 0 Å². The number of rotatable bonds is 3. The highest BCUT2D eigenvalue weighted by Gasteiger charge is 1.83. The van der Waals surface area contributed by atoms with Crippen molar-refractivity contribution in [3.63, 3.8) is 0 Å². The van der Waals surface area contributed by atoms with Crippen LogP contribution in [-0.2, 0) is 0 Å². The number of nitrogens with one attached hydrogen (secondary N) is 1. The first kappa shape index (κ1) is 6.67. The third-order valence-corrected chi connectivity index (χ3v) is 0.729. The summed E-state index contributed by atoms with van der Waals surface area (Å²) in [6.07, 6.45) is 2.73. The first-order valence-electron chi connectivity index (χ1n) is 2.46. The Balaban J connectivity index is 2.82. The molecular formula is C6H11N. The molecule has 1 heteroatoms. The van der Waals surface area contributed by atoms with Crippen LogP contribution >= 0.6 is 0 Å². The molecule has 7 heavy (non-hydrogen) atoms. The maximum absolute atomic E-state index is 6.86. The molecule has 0 atom stereocenters. The van der Waals surface area contributed by atoms with Crippen LogP contribution < -0.4 is 0 Å². The van der Waals surface area contributed by atoms with Crippen molar-refractivity contribution in [2.45, 2.75) is 19.3 Å². The molecular weight excluding hydrogens is 86.1 g/mol. The summed E-state index contributed by atoms with van der Waals surface area (Å²) in [6.45, 7) is 7.06. The highest BCUT2D eigenvalue weighted by molar-refractivity contribution is 5.85. The van der Waals surface area contributed by atoms with Gasteiger partial charge in [-0.25, -0.2) is 0 Å². The lowest BCUT2D eigenvalue weighted by Crippen LogP contribution is -1.85. The molecule has 0 fully saturated rings. The SMILES string of the molecule is [CH2]CCCC([CH2])=N. The van der Waals surface area contributed by atoms with E-state index in [4.69, 9.17) is 5.41 Å². The highest BCUT2D eigenvalue weighted by Crippen LogP contribution is 1.92. The fourth-order valence-electron chi connectivity index (χ4n) is 0.338. The van der Waals surface area contributed by atoms with Gasteiger partial charge in [0.1, 0.15) is 0 Å². The number of hydrogen-bond acceptors (Lipinski definition) is 1. The molecule has 2 radical (unpaired) electrons. The molecule has 0 aromatic heterocycles. The predicted molar refractivity (Wildman–Crippen MR) is 32.3 cm³/mol. The molecule has 0 bridgehead atoms. The van der Waals surface area contributed by atoms with Gasteiger partial charge in [-0.3, -0.25) is 0 Å². The molecule has 1 N–H and O–H groups in total. The van der Waals surface area contributed by atoms with E-state index in [-0.39, 0.29) is 0 Å². The first-order chi connectivity index (χ1) is 3.27. The third kappa shape index (κ3) is 5.67. The molecule has 0 aromatic carbocycles. The van der Waals surface area contributed by atoms with Crippen LogP contribution in [0.5, 0.6) is 0 Å². The lowest BCUT2D eigenvalue weighted by atomic mass is 10.2. The monoisotopic (exact) mass is 97.1 g/mol. The van der Waals surface area contributed by atoms with E-state index in [2.05, 4.69) is 13.8 Å². The largest absolute Gasteiger partial charge is 0.310 e. The Labute approximate surface area is 45.2 Å². The second-order valence-electron chi connectivity index (χ2n) is 1.56. The summed E-state index contributed by atoms with van der Waals surface area (Å²) in [5, 5.41) is 6.86. The van der Waals surface area contributed by atoms with E-state index in [0.29, 0.717) is 5.71 Å². The Morgan fingerprint density at radius 3 is 2.29 bits per heavy atom. The highest BCUT2D eigenvalue weighted by atomic mass is 14.4. The van der Waals surface area contributed by atoms with E-state index in [9.17, 15) is 0 Å². The van der Waals surface area contributed by atoms with Gasteiger partial charge in [0.05, 0.1) is 0 Å². The van der Waals surface area contributed by atoms with Crippen LogP contribution in [0.3, 0.4) is 0 Å². The summed E-state index contributed by atoms with van der Waals surface area (Å²) in [4.78, 5) is 0. The van der Waals surface area contributed by atoms with Crippen molar-refractivity contribution >= 4 is 5.71 Å². The Bertz CT molecular complexity index is 57.2. The summed E-state index contributed by atoms with van der Waals surface area (Å²) in [6, 6.07) is 0. The molecule has 0 heterocycles. The molecule has 0 aliphatic rings. The summed E-state index contributed by atoms with van der Waals surface area (Å²) >= 11 is 0. The average Bonchev–Trinajstić information content (AvgIpc) is 1.61. The standard InChI is InChI=1S/C6H11N/c1-3-4-5-6(2)7/h7H,1-5H2. The number of unbranched alkanes of at least 4 members (excludes halogenated alkanes) is 1. The van der Waals surface area contributed by atoms with Crippen LogP contribution in [0.15, 0.2) is 0 Å². The molecule has 0 spiro atoms. The first-order valence-corrected chi connectivity index (χ1v) is 2.46. The minimum absolute atomic E-state index is 0.517. The second kappa shape index (κ2) is 3.85. The summed E-state index contributed by atoms with van der Waals surface area (Å²) < 4.78 is 0. The van der Waals surface area contributed by atoms with Crippen LogP contribution in [0.2, 0.25) is 0 Å². The van der Waals surface area contributed by atoms with Gasteiger partial charge in [0.2, 0.25) is 0 Å². The van der Waals surface area contributed by atoms with Gasteiger partial charge >= 0.3 is 0 Å². The van der Waals surface area contributed by atoms with Gasteiger partial charge in [0.25, 0.3) is 0 Å². The molecule has 0 amide bonds. The zero-order valence-corrected chi connectivity index (χ0v) is 4.54. The van der Waals surface area contributed by atoms with Crippen LogP contribution in [-0.4, -0.2) is 5.71 Å². The lowest BCUT2D eigenvalue weighted by molar-refractivity contribution is 0.890. The second-order valence-corrected chi connectivity index (χ2v) is 1.56. The van der Waals surface area contributed by atoms with Crippen LogP contribution in [0.25, 0.3) is 0 Å². The molecule has 0 saturated heterocycles. The van der Waals surface area contributed by atoms with Gasteiger partial charge in [-0.1, -0.05) is 13.3 Å². The lowest BCUT2D eigenvalue weighted by Gasteiger charge is -1.89. The molecule has 1 nitrogen and oxygen atoms in total. The van der Waals surface area contributed by atoms with Crippen molar-refractivity contribution in [2.75, 3.05) is 0 Å². The summed E-state index contributed by atoms with van der Waals surface area (Å²) in [5.74, 6) is 0. The van der Waals surface area contributed by atoms with E-state index < -0.39 is 0 Å².